The molecule has 0 atom stereocenters. The molecule has 0 heterocycles. The van der Waals surface area contributed by atoms with Gasteiger partial charge in [-0.25, -0.2) is 0 Å². The van der Waals surface area contributed by atoms with Gasteiger partial charge in [-0.1, -0.05) is 19.9 Å². The second kappa shape index (κ2) is 9.98. The Labute approximate surface area is 121 Å². The molecule has 3 nitrogen and oxygen atoms in total. The first kappa shape index (κ1) is 16.2. The standard InChI is InChI=1S/C15H25NO2S/c1-4-16-12-13-7-8-14(17-3)15(11-13)18-9-6-10-19-5-2/h7-8,11,16H,4-6,9-10,12H2,1-3H3. The zero-order chi connectivity index (χ0) is 13.9. The summed E-state index contributed by atoms with van der Waals surface area (Å²) >= 11 is 1.95. The third kappa shape index (κ3) is 6.21. The smallest absolute Gasteiger partial charge is 0.161 e. The molecule has 0 unspecified atom stereocenters. The minimum absolute atomic E-state index is 0.744. The molecule has 0 saturated heterocycles. The zero-order valence-electron chi connectivity index (χ0n) is 12.2. The average Bonchev–Trinajstić information content (AvgIpc) is 2.45. The molecule has 0 radical (unpaired) electrons. The summed E-state index contributed by atoms with van der Waals surface area (Å²) in [5, 5.41) is 3.31. The molecule has 0 spiro atoms. The van der Waals surface area contributed by atoms with Gasteiger partial charge in [-0.2, -0.15) is 11.8 Å². The lowest BCUT2D eigenvalue weighted by molar-refractivity contribution is 0.295. The van der Waals surface area contributed by atoms with Gasteiger partial charge in [-0.15, -0.1) is 0 Å². The third-order valence-electron chi connectivity index (χ3n) is 2.70. The summed E-state index contributed by atoms with van der Waals surface area (Å²) in [7, 11) is 1.68. The third-order valence-corrected chi connectivity index (χ3v) is 3.69. The van der Waals surface area contributed by atoms with E-state index in [0.717, 1.165) is 43.4 Å². The quantitative estimate of drug-likeness (QED) is 0.667. The number of rotatable bonds is 10. The van der Waals surface area contributed by atoms with Gasteiger partial charge in [0.1, 0.15) is 0 Å². The summed E-state index contributed by atoms with van der Waals surface area (Å²) in [6.45, 7) is 6.86. The highest BCUT2D eigenvalue weighted by Gasteiger charge is 2.05. The van der Waals surface area contributed by atoms with E-state index in [0.29, 0.717) is 0 Å². The van der Waals surface area contributed by atoms with E-state index in [-0.39, 0.29) is 0 Å². The molecule has 1 aromatic carbocycles. The second-order valence-corrected chi connectivity index (χ2v) is 5.56. The molecule has 108 valence electrons. The van der Waals surface area contributed by atoms with Crippen LogP contribution in [0.3, 0.4) is 0 Å². The number of hydrogen-bond acceptors (Lipinski definition) is 4. The van der Waals surface area contributed by atoms with Crippen molar-refractivity contribution in [3.05, 3.63) is 23.8 Å². The Bertz CT molecular complexity index is 358. The van der Waals surface area contributed by atoms with Crippen molar-refractivity contribution in [2.45, 2.75) is 26.8 Å². The topological polar surface area (TPSA) is 30.5 Å². The van der Waals surface area contributed by atoms with Gasteiger partial charge in [0.05, 0.1) is 13.7 Å². The molecule has 4 heteroatoms. The number of nitrogens with one attached hydrogen (secondary N) is 1. The maximum absolute atomic E-state index is 5.83. The van der Waals surface area contributed by atoms with E-state index >= 15 is 0 Å². The van der Waals surface area contributed by atoms with E-state index in [4.69, 9.17) is 9.47 Å². The first-order valence-electron chi connectivity index (χ1n) is 6.90. The van der Waals surface area contributed by atoms with Crippen molar-refractivity contribution in [3.63, 3.8) is 0 Å². The summed E-state index contributed by atoms with van der Waals surface area (Å²) in [6.07, 6.45) is 1.07. The Hall–Kier alpha value is -0.870. The van der Waals surface area contributed by atoms with E-state index < -0.39 is 0 Å². The van der Waals surface area contributed by atoms with Crippen molar-refractivity contribution in [3.8, 4) is 11.5 Å². The minimum Gasteiger partial charge on any atom is -0.493 e. The molecule has 0 aromatic heterocycles. The Morgan fingerprint density at radius 1 is 1.21 bits per heavy atom. The van der Waals surface area contributed by atoms with E-state index in [1.165, 1.54) is 11.3 Å². The monoisotopic (exact) mass is 283 g/mol. The maximum Gasteiger partial charge on any atom is 0.161 e. The van der Waals surface area contributed by atoms with Gasteiger partial charge in [0.25, 0.3) is 0 Å². The summed E-state index contributed by atoms with van der Waals surface area (Å²) < 4.78 is 11.2. The van der Waals surface area contributed by atoms with Crippen LogP contribution in [0.4, 0.5) is 0 Å². The molecule has 0 aliphatic carbocycles. The van der Waals surface area contributed by atoms with Gasteiger partial charge < -0.3 is 14.8 Å². The van der Waals surface area contributed by atoms with Crippen molar-refractivity contribution in [2.75, 3.05) is 31.8 Å². The predicted octanol–water partition coefficient (Wildman–Crippen LogP) is 3.33. The number of methoxy groups -OCH3 is 1. The molecular formula is C15H25NO2S. The number of ether oxygens (including phenoxy) is 2. The van der Waals surface area contributed by atoms with Gasteiger partial charge in [-0.3, -0.25) is 0 Å². The van der Waals surface area contributed by atoms with Crippen molar-refractivity contribution >= 4 is 11.8 Å². The summed E-state index contributed by atoms with van der Waals surface area (Å²) in [6, 6.07) is 6.11. The molecule has 1 aromatic rings. The first-order chi connectivity index (χ1) is 9.31. The van der Waals surface area contributed by atoms with Crippen LogP contribution in [-0.2, 0) is 6.54 Å². The van der Waals surface area contributed by atoms with Crippen LogP contribution in [0.1, 0.15) is 25.8 Å². The van der Waals surface area contributed by atoms with Crippen LogP contribution in [0.25, 0.3) is 0 Å². The van der Waals surface area contributed by atoms with E-state index in [9.17, 15) is 0 Å². The molecular weight excluding hydrogens is 258 g/mol. The number of benzene rings is 1. The first-order valence-corrected chi connectivity index (χ1v) is 8.05. The van der Waals surface area contributed by atoms with Crippen LogP contribution in [0.15, 0.2) is 18.2 Å². The average molecular weight is 283 g/mol. The fourth-order valence-corrected chi connectivity index (χ4v) is 2.31. The molecule has 19 heavy (non-hydrogen) atoms. The molecule has 0 saturated carbocycles. The van der Waals surface area contributed by atoms with Crippen LogP contribution in [0.2, 0.25) is 0 Å². The summed E-state index contributed by atoms with van der Waals surface area (Å²) in [5.74, 6) is 3.97. The number of hydrogen-bond donors (Lipinski definition) is 1. The van der Waals surface area contributed by atoms with Gasteiger partial charge >= 0.3 is 0 Å². The molecule has 0 fully saturated rings. The highest BCUT2D eigenvalue weighted by molar-refractivity contribution is 7.99. The van der Waals surface area contributed by atoms with E-state index in [1.807, 2.05) is 17.8 Å². The van der Waals surface area contributed by atoms with Crippen molar-refractivity contribution < 1.29 is 9.47 Å². The van der Waals surface area contributed by atoms with Gasteiger partial charge in [0, 0.05) is 6.54 Å². The van der Waals surface area contributed by atoms with Crippen molar-refractivity contribution in [1.29, 1.82) is 0 Å². The van der Waals surface area contributed by atoms with E-state index in [2.05, 4.69) is 31.3 Å². The predicted molar refractivity (Wildman–Crippen MR) is 83.5 cm³/mol. The fourth-order valence-electron chi connectivity index (χ4n) is 1.70. The fraction of sp³-hybridized carbons (Fsp3) is 0.600. The van der Waals surface area contributed by atoms with Crippen LogP contribution in [0, 0.1) is 0 Å². The Balaban J connectivity index is 2.52. The zero-order valence-corrected chi connectivity index (χ0v) is 13.0. The summed E-state index contributed by atoms with van der Waals surface area (Å²) in [4.78, 5) is 0. The molecule has 0 aliphatic heterocycles. The van der Waals surface area contributed by atoms with Crippen molar-refractivity contribution in [2.24, 2.45) is 0 Å². The maximum atomic E-state index is 5.83. The molecule has 0 bridgehead atoms. The Morgan fingerprint density at radius 2 is 2.05 bits per heavy atom. The van der Waals surface area contributed by atoms with Crippen LogP contribution in [-0.4, -0.2) is 31.8 Å². The SMILES string of the molecule is CCNCc1ccc(OC)c(OCCCSCC)c1. The Morgan fingerprint density at radius 3 is 2.74 bits per heavy atom. The second-order valence-electron chi connectivity index (χ2n) is 4.16. The largest absolute Gasteiger partial charge is 0.493 e. The highest BCUT2D eigenvalue weighted by Crippen LogP contribution is 2.28. The normalized spacial score (nSPS) is 10.5. The Kier molecular flexibility index (Phi) is 8.50. The summed E-state index contributed by atoms with van der Waals surface area (Å²) in [5.41, 5.74) is 1.22. The van der Waals surface area contributed by atoms with E-state index in [1.54, 1.807) is 7.11 Å². The van der Waals surface area contributed by atoms with Crippen molar-refractivity contribution in [1.82, 2.24) is 5.32 Å². The molecule has 0 aliphatic rings. The molecule has 1 rings (SSSR count). The van der Waals surface area contributed by atoms with Crippen LogP contribution >= 0.6 is 11.8 Å². The highest BCUT2D eigenvalue weighted by atomic mass is 32.2. The lowest BCUT2D eigenvalue weighted by atomic mass is 10.2. The lowest BCUT2D eigenvalue weighted by Crippen LogP contribution is -2.12. The van der Waals surface area contributed by atoms with Crippen LogP contribution < -0.4 is 14.8 Å². The molecule has 0 amide bonds. The van der Waals surface area contributed by atoms with Gasteiger partial charge in [-0.05, 0) is 42.2 Å². The lowest BCUT2D eigenvalue weighted by Gasteiger charge is -2.12. The number of thioether (sulfide) groups is 1. The molecule has 1 N–H and O–H groups in total. The van der Waals surface area contributed by atoms with Gasteiger partial charge in [0.15, 0.2) is 11.5 Å². The van der Waals surface area contributed by atoms with Gasteiger partial charge in [0.2, 0.25) is 0 Å². The minimum atomic E-state index is 0.744. The van der Waals surface area contributed by atoms with Crippen LogP contribution in [0.5, 0.6) is 11.5 Å².